The molecule has 2 fully saturated rings. The Labute approximate surface area is 111 Å². The van der Waals surface area contributed by atoms with Gasteiger partial charge in [-0.1, -0.05) is 0 Å². The maximum absolute atomic E-state index is 5.72. The molecule has 4 nitrogen and oxygen atoms in total. The van der Waals surface area contributed by atoms with Crippen LogP contribution in [0.3, 0.4) is 0 Å². The van der Waals surface area contributed by atoms with Gasteiger partial charge < -0.3 is 15.4 Å². The van der Waals surface area contributed by atoms with Crippen LogP contribution >= 0.6 is 0 Å². The van der Waals surface area contributed by atoms with Crippen LogP contribution in [0.1, 0.15) is 32.6 Å². The first kappa shape index (κ1) is 14.3. The van der Waals surface area contributed by atoms with E-state index in [2.05, 4.69) is 16.7 Å². The van der Waals surface area contributed by atoms with E-state index in [1.54, 1.807) is 0 Å². The molecule has 18 heavy (non-hydrogen) atoms. The van der Waals surface area contributed by atoms with Crippen molar-refractivity contribution >= 4 is 0 Å². The third-order valence-electron chi connectivity index (χ3n) is 4.40. The molecule has 0 aromatic rings. The second-order valence-corrected chi connectivity index (χ2v) is 5.74. The Morgan fingerprint density at radius 2 is 2.06 bits per heavy atom. The first-order valence-electron chi connectivity index (χ1n) is 7.57. The first-order chi connectivity index (χ1) is 8.79. The zero-order chi connectivity index (χ0) is 12.8. The minimum Gasteiger partial charge on any atom is -0.378 e. The van der Waals surface area contributed by atoms with Crippen LogP contribution in [0.4, 0.5) is 0 Å². The Hall–Kier alpha value is -0.160. The summed E-state index contributed by atoms with van der Waals surface area (Å²) in [5, 5.41) is 0. The monoisotopic (exact) mass is 255 g/mol. The molecule has 0 aromatic carbocycles. The van der Waals surface area contributed by atoms with Crippen LogP contribution in [-0.2, 0) is 4.74 Å². The van der Waals surface area contributed by atoms with Crippen LogP contribution in [0.2, 0.25) is 0 Å². The molecule has 2 aliphatic rings. The van der Waals surface area contributed by atoms with E-state index in [-0.39, 0.29) is 0 Å². The fourth-order valence-corrected chi connectivity index (χ4v) is 2.99. The predicted molar refractivity (Wildman–Crippen MR) is 74.7 cm³/mol. The number of nitrogens with two attached hydrogens (primary N) is 1. The lowest BCUT2D eigenvalue weighted by Gasteiger charge is -2.37. The highest BCUT2D eigenvalue weighted by Crippen LogP contribution is 2.17. The topological polar surface area (TPSA) is 41.7 Å². The van der Waals surface area contributed by atoms with Crippen LogP contribution in [-0.4, -0.2) is 67.8 Å². The molecular weight excluding hydrogens is 226 g/mol. The zero-order valence-corrected chi connectivity index (χ0v) is 11.8. The highest BCUT2D eigenvalue weighted by Gasteiger charge is 2.20. The van der Waals surface area contributed by atoms with Gasteiger partial charge in [0.05, 0.1) is 6.10 Å². The Bertz CT molecular complexity index is 223. The fraction of sp³-hybridized carbons (Fsp3) is 1.00. The van der Waals surface area contributed by atoms with E-state index in [0.717, 1.165) is 13.2 Å². The molecular formula is C14H29N3O. The molecule has 4 heteroatoms. The maximum Gasteiger partial charge on any atom is 0.0576 e. The number of hydrogen-bond donors (Lipinski definition) is 1. The van der Waals surface area contributed by atoms with E-state index in [1.807, 2.05) is 0 Å². The number of nitrogens with zero attached hydrogens (tertiary/aromatic N) is 2. The van der Waals surface area contributed by atoms with Gasteiger partial charge >= 0.3 is 0 Å². The van der Waals surface area contributed by atoms with Crippen LogP contribution in [0.15, 0.2) is 0 Å². The molecule has 0 amide bonds. The van der Waals surface area contributed by atoms with Gasteiger partial charge in [-0.2, -0.15) is 0 Å². The van der Waals surface area contributed by atoms with Crippen molar-refractivity contribution in [1.29, 1.82) is 0 Å². The quantitative estimate of drug-likeness (QED) is 0.766. The van der Waals surface area contributed by atoms with E-state index >= 15 is 0 Å². The summed E-state index contributed by atoms with van der Waals surface area (Å²) in [5.41, 5.74) is 5.72. The Kier molecular flexibility index (Phi) is 5.89. The van der Waals surface area contributed by atoms with Gasteiger partial charge in [-0.3, -0.25) is 4.90 Å². The summed E-state index contributed by atoms with van der Waals surface area (Å²) in [6, 6.07) is 0.541. The zero-order valence-electron chi connectivity index (χ0n) is 11.8. The van der Waals surface area contributed by atoms with Crippen molar-refractivity contribution in [2.75, 3.05) is 45.9 Å². The van der Waals surface area contributed by atoms with Gasteiger partial charge in [0.2, 0.25) is 0 Å². The van der Waals surface area contributed by atoms with Crippen molar-refractivity contribution in [2.24, 2.45) is 5.73 Å². The smallest absolute Gasteiger partial charge is 0.0576 e. The second-order valence-electron chi connectivity index (χ2n) is 5.74. The van der Waals surface area contributed by atoms with Crippen LogP contribution in [0, 0.1) is 0 Å². The van der Waals surface area contributed by atoms with Gasteiger partial charge in [0.15, 0.2) is 0 Å². The highest BCUT2D eigenvalue weighted by molar-refractivity contribution is 4.77. The predicted octanol–water partition coefficient (Wildman–Crippen LogP) is 0.910. The van der Waals surface area contributed by atoms with E-state index < -0.39 is 0 Å². The summed E-state index contributed by atoms with van der Waals surface area (Å²) >= 11 is 0. The molecule has 0 aliphatic carbocycles. The number of rotatable bonds is 6. The lowest BCUT2D eigenvalue weighted by molar-refractivity contribution is 0.0846. The minimum atomic E-state index is 0.541. The first-order valence-corrected chi connectivity index (χ1v) is 7.57. The molecule has 0 spiro atoms. The molecule has 106 valence electrons. The molecule has 0 radical (unpaired) electrons. The van der Waals surface area contributed by atoms with Crippen LogP contribution in [0.5, 0.6) is 0 Å². The highest BCUT2D eigenvalue weighted by atomic mass is 16.5. The Balaban J connectivity index is 1.55. The van der Waals surface area contributed by atoms with E-state index in [0.29, 0.717) is 12.1 Å². The van der Waals surface area contributed by atoms with Gasteiger partial charge in [0.25, 0.3) is 0 Å². The molecule has 2 unspecified atom stereocenters. The van der Waals surface area contributed by atoms with Gasteiger partial charge in [-0.25, -0.2) is 0 Å². The van der Waals surface area contributed by atoms with Gasteiger partial charge in [0, 0.05) is 45.4 Å². The van der Waals surface area contributed by atoms with Crippen molar-refractivity contribution in [1.82, 2.24) is 9.80 Å². The van der Waals surface area contributed by atoms with Gasteiger partial charge in [0.1, 0.15) is 0 Å². The standard InChI is InChI=1S/C14H29N3O/c1-13(12-15)17-9-7-16(8-10-17)6-2-4-14-5-3-11-18-14/h13-14H,2-12,15H2,1H3. The molecule has 2 rings (SSSR count). The van der Waals surface area contributed by atoms with E-state index in [9.17, 15) is 0 Å². The molecule has 2 N–H and O–H groups in total. The van der Waals surface area contributed by atoms with Crippen molar-refractivity contribution in [3.8, 4) is 0 Å². The molecule has 0 aromatic heterocycles. The van der Waals surface area contributed by atoms with Gasteiger partial charge in [-0.05, 0) is 39.2 Å². The molecule has 2 saturated heterocycles. The Morgan fingerprint density at radius 1 is 1.28 bits per heavy atom. The largest absolute Gasteiger partial charge is 0.378 e. The van der Waals surface area contributed by atoms with E-state index in [4.69, 9.17) is 10.5 Å². The fourth-order valence-electron chi connectivity index (χ4n) is 2.99. The lowest BCUT2D eigenvalue weighted by atomic mass is 10.1. The van der Waals surface area contributed by atoms with Crippen LogP contribution < -0.4 is 5.73 Å². The van der Waals surface area contributed by atoms with Crippen molar-refractivity contribution in [3.05, 3.63) is 0 Å². The summed E-state index contributed by atoms with van der Waals surface area (Å²) in [5.74, 6) is 0. The maximum atomic E-state index is 5.72. The van der Waals surface area contributed by atoms with Crippen molar-refractivity contribution in [2.45, 2.75) is 44.8 Å². The SMILES string of the molecule is CC(CN)N1CCN(CCCC2CCCO2)CC1. The van der Waals surface area contributed by atoms with E-state index in [1.165, 1.54) is 58.4 Å². The summed E-state index contributed by atoms with van der Waals surface area (Å²) in [4.78, 5) is 5.10. The number of piperazine rings is 1. The second kappa shape index (κ2) is 7.43. The minimum absolute atomic E-state index is 0.541. The van der Waals surface area contributed by atoms with Crippen LogP contribution in [0.25, 0.3) is 0 Å². The molecule has 0 bridgehead atoms. The molecule has 2 heterocycles. The average Bonchev–Trinajstić information content (AvgIpc) is 2.92. The number of ether oxygens (including phenoxy) is 1. The lowest BCUT2D eigenvalue weighted by Crippen LogP contribution is -2.51. The normalized spacial score (nSPS) is 28.7. The molecule has 2 aliphatic heterocycles. The summed E-state index contributed by atoms with van der Waals surface area (Å²) in [7, 11) is 0. The van der Waals surface area contributed by atoms with Gasteiger partial charge in [-0.15, -0.1) is 0 Å². The third kappa shape index (κ3) is 4.19. The summed E-state index contributed by atoms with van der Waals surface area (Å²) in [6.07, 6.45) is 5.64. The molecule has 0 saturated carbocycles. The Morgan fingerprint density at radius 3 is 2.67 bits per heavy atom. The molecule has 2 atom stereocenters. The summed E-state index contributed by atoms with van der Waals surface area (Å²) < 4.78 is 5.66. The number of hydrogen-bond acceptors (Lipinski definition) is 4. The third-order valence-corrected chi connectivity index (χ3v) is 4.40. The van der Waals surface area contributed by atoms with Crippen molar-refractivity contribution in [3.63, 3.8) is 0 Å². The average molecular weight is 255 g/mol. The van der Waals surface area contributed by atoms with Crippen molar-refractivity contribution < 1.29 is 4.74 Å². The summed E-state index contributed by atoms with van der Waals surface area (Å²) in [6.45, 7) is 10.00.